The summed E-state index contributed by atoms with van der Waals surface area (Å²) >= 11 is 0. The van der Waals surface area contributed by atoms with Gasteiger partial charge in [0.05, 0.1) is 11.2 Å². The van der Waals surface area contributed by atoms with Gasteiger partial charge in [0.25, 0.3) is 0 Å². The fourth-order valence-electron chi connectivity index (χ4n) is 1.75. The van der Waals surface area contributed by atoms with E-state index < -0.39 is 11.7 Å². The van der Waals surface area contributed by atoms with Gasteiger partial charge in [-0.1, -0.05) is 12.1 Å². The Kier molecular flexibility index (Phi) is 5.50. The van der Waals surface area contributed by atoms with E-state index in [-0.39, 0.29) is 18.3 Å². The van der Waals surface area contributed by atoms with Crippen molar-refractivity contribution < 1.29 is 18.8 Å². The van der Waals surface area contributed by atoms with Crippen LogP contribution in [0.25, 0.3) is 0 Å². The minimum Gasteiger partial charge on any atom is -0.444 e. The van der Waals surface area contributed by atoms with Crippen LogP contribution < -0.4 is 5.32 Å². The van der Waals surface area contributed by atoms with Crippen LogP contribution in [0.5, 0.6) is 0 Å². The van der Waals surface area contributed by atoms with E-state index in [1.54, 1.807) is 0 Å². The molecule has 1 aliphatic rings. The minimum absolute atomic E-state index is 0.323. The summed E-state index contributed by atoms with van der Waals surface area (Å²) in [5, 5.41) is 2.70. The van der Waals surface area contributed by atoms with Crippen LogP contribution in [0.1, 0.15) is 54.9 Å². The number of alkyl carbamates (subject to hydrolysis) is 1. The maximum absolute atomic E-state index is 11.4. The van der Waals surface area contributed by atoms with Crippen LogP contribution >= 0.6 is 0 Å². The lowest BCUT2D eigenvalue weighted by molar-refractivity contribution is 0.00578. The van der Waals surface area contributed by atoms with Gasteiger partial charge in [-0.25, -0.2) is 4.79 Å². The van der Waals surface area contributed by atoms with Crippen LogP contribution in [0, 0.1) is 0 Å². The third-order valence-electron chi connectivity index (χ3n) is 3.54. The second kappa shape index (κ2) is 6.40. The van der Waals surface area contributed by atoms with Gasteiger partial charge in [0.1, 0.15) is 5.60 Å². The Balaban J connectivity index is 2.27. The molecule has 0 bridgehead atoms. The van der Waals surface area contributed by atoms with Crippen molar-refractivity contribution in [2.75, 3.05) is 6.54 Å². The Bertz CT molecular complexity index is 383. The molecule has 0 spiro atoms. The van der Waals surface area contributed by atoms with Gasteiger partial charge in [-0.05, 0) is 54.9 Å². The van der Waals surface area contributed by atoms with E-state index in [4.69, 9.17) is 14.0 Å². The summed E-state index contributed by atoms with van der Waals surface area (Å²) in [4.78, 5) is 11.4. The highest BCUT2D eigenvalue weighted by Crippen LogP contribution is 2.36. The highest BCUT2D eigenvalue weighted by Gasteiger charge is 2.49. The van der Waals surface area contributed by atoms with E-state index in [9.17, 15) is 4.79 Å². The monoisotopic (exact) mass is 297 g/mol. The highest BCUT2D eigenvalue weighted by molar-refractivity contribution is 6.51. The van der Waals surface area contributed by atoms with Crippen LogP contribution in [0.3, 0.4) is 0 Å². The molecule has 0 unspecified atom stereocenters. The van der Waals surface area contributed by atoms with Crippen molar-refractivity contribution >= 4 is 13.2 Å². The fraction of sp³-hybridized carbons (Fsp3) is 0.800. The molecule has 0 aromatic heterocycles. The Morgan fingerprint density at radius 2 is 1.71 bits per heavy atom. The van der Waals surface area contributed by atoms with Crippen molar-refractivity contribution in [1.82, 2.24) is 5.32 Å². The lowest BCUT2D eigenvalue weighted by Gasteiger charge is -2.32. The van der Waals surface area contributed by atoms with Crippen molar-refractivity contribution in [2.24, 2.45) is 0 Å². The van der Waals surface area contributed by atoms with Crippen molar-refractivity contribution in [3.63, 3.8) is 0 Å². The molecule has 0 atom stereocenters. The maximum atomic E-state index is 11.4. The molecular weight excluding hydrogens is 269 g/mol. The first-order valence-corrected chi connectivity index (χ1v) is 7.42. The van der Waals surface area contributed by atoms with Crippen LogP contribution in [0.4, 0.5) is 4.79 Å². The van der Waals surface area contributed by atoms with E-state index in [2.05, 4.69) is 5.32 Å². The standard InChI is InChI=1S/C15H28BNO4/c1-13(2,3)19-12(18)17-11-9-8-10-16-20-14(4,5)15(6,7)21-16/h8,10H,9,11H2,1-7H3,(H,17,18)/b10-8+. The highest BCUT2D eigenvalue weighted by atomic mass is 16.7. The summed E-state index contributed by atoms with van der Waals surface area (Å²) < 4.78 is 16.8. The summed E-state index contributed by atoms with van der Waals surface area (Å²) in [7, 11) is -0.337. The van der Waals surface area contributed by atoms with E-state index >= 15 is 0 Å². The average molecular weight is 297 g/mol. The molecule has 1 fully saturated rings. The summed E-state index contributed by atoms with van der Waals surface area (Å²) in [6, 6.07) is 0. The summed E-state index contributed by atoms with van der Waals surface area (Å²) in [5.41, 5.74) is -1.11. The predicted molar refractivity (Wildman–Crippen MR) is 84.1 cm³/mol. The molecule has 1 saturated heterocycles. The Morgan fingerprint density at radius 3 is 2.19 bits per heavy atom. The number of amides is 1. The quantitative estimate of drug-likeness (QED) is 0.640. The first-order valence-electron chi connectivity index (χ1n) is 7.42. The van der Waals surface area contributed by atoms with Gasteiger partial charge >= 0.3 is 13.2 Å². The third-order valence-corrected chi connectivity index (χ3v) is 3.54. The van der Waals surface area contributed by atoms with Crippen LogP contribution in [0.2, 0.25) is 0 Å². The molecular formula is C15H28BNO4. The first kappa shape index (κ1) is 18.0. The van der Waals surface area contributed by atoms with Crippen molar-refractivity contribution in [2.45, 2.75) is 71.7 Å². The number of hydrogen-bond donors (Lipinski definition) is 1. The summed E-state index contributed by atoms with van der Waals surface area (Å²) in [6.45, 7) is 14.1. The van der Waals surface area contributed by atoms with E-state index in [0.717, 1.165) is 0 Å². The third kappa shape index (κ3) is 5.71. The molecule has 0 saturated carbocycles. The Labute approximate surface area is 128 Å². The lowest BCUT2D eigenvalue weighted by atomic mass is 9.90. The van der Waals surface area contributed by atoms with E-state index in [1.165, 1.54) is 0 Å². The fourth-order valence-corrected chi connectivity index (χ4v) is 1.75. The largest absolute Gasteiger partial charge is 0.486 e. The van der Waals surface area contributed by atoms with Gasteiger partial charge < -0.3 is 19.4 Å². The zero-order valence-corrected chi connectivity index (χ0v) is 14.3. The van der Waals surface area contributed by atoms with E-state index in [0.29, 0.717) is 13.0 Å². The number of rotatable bonds is 4. The predicted octanol–water partition coefficient (Wildman–Crippen LogP) is 3.09. The molecule has 6 heteroatoms. The molecule has 1 aliphatic heterocycles. The van der Waals surface area contributed by atoms with Gasteiger partial charge in [0, 0.05) is 6.54 Å². The second-order valence-electron chi connectivity index (χ2n) is 7.27. The van der Waals surface area contributed by atoms with Gasteiger partial charge in [-0.15, -0.1) is 0 Å². The van der Waals surface area contributed by atoms with Gasteiger partial charge in [0.2, 0.25) is 0 Å². The van der Waals surface area contributed by atoms with E-state index in [1.807, 2.05) is 60.5 Å². The Hall–Kier alpha value is -1.01. The summed E-state index contributed by atoms with van der Waals surface area (Å²) in [5.74, 6) is 1.88. The van der Waals surface area contributed by atoms with Crippen LogP contribution in [0.15, 0.2) is 12.1 Å². The molecule has 1 rings (SSSR count). The molecule has 0 aliphatic carbocycles. The average Bonchev–Trinajstić information content (AvgIpc) is 2.44. The molecule has 21 heavy (non-hydrogen) atoms. The van der Waals surface area contributed by atoms with Crippen LogP contribution in [-0.2, 0) is 14.0 Å². The normalized spacial score (nSPS) is 20.8. The molecule has 0 aromatic carbocycles. The smallest absolute Gasteiger partial charge is 0.444 e. The van der Waals surface area contributed by atoms with Crippen LogP contribution in [-0.4, -0.2) is 36.6 Å². The molecule has 0 radical (unpaired) electrons. The van der Waals surface area contributed by atoms with Gasteiger partial charge in [-0.3, -0.25) is 0 Å². The van der Waals surface area contributed by atoms with Crippen molar-refractivity contribution in [1.29, 1.82) is 0 Å². The molecule has 1 amide bonds. The number of nitrogens with one attached hydrogen (secondary N) is 1. The summed E-state index contributed by atoms with van der Waals surface area (Å²) in [6.07, 6.45) is 2.24. The molecule has 1 N–H and O–H groups in total. The maximum Gasteiger partial charge on any atom is 0.486 e. The zero-order chi connectivity index (χ0) is 16.3. The van der Waals surface area contributed by atoms with Crippen molar-refractivity contribution in [3.05, 3.63) is 12.1 Å². The molecule has 1 heterocycles. The number of carbonyl (C=O) groups is 1. The first-order chi connectivity index (χ1) is 9.43. The molecule has 120 valence electrons. The van der Waals surface area contributed by atoms with Crippen molar-refractivity contribution in [3.8, 4) is 0 Å². The Morgan fingerprint density at radius 1 is 1.19 bits per heavy atom. The number of hydrogen-bond acceptors (Lipinski definition) is 4. The molecule has 5 nitrogen and oxygen atoms in total. The minimum atomic E-state index is -0.470. The topological polar surface area (TPSA) is 56.8 Å². The SMILES string of the molecule is CC(C)(C)OC(=O)NCC/C=C/B1OC(C)(C)C(C)(C)O1. The second-order valence-corrected chi connectivity index (χ2v) is 7.27. The zero-order valence-electron chi connectivity index (χ0n) is 14.3. The van der Waals surface area contributed by atoms with Gasteiger partial charge in [-0.2, -0.15) is 0 Å². The number of carbonyl (C=O) groups excluding carboxylic acids is 1. The lowest BCUT2D eigenvalue weighted by Crippen LogP contribution is -2.41. The van der Waals surface area contributed by atoms with Gasteiger partial charge in [0.15, 0.2) is 0 Å². The number of ether oxygens (including phenoxy) is 1. The molecule has 0 aromatic rings.